The quantitative estimate of drug-likeness (QED) is 0.133. The van der Waals surface area contributed by atoms with E-state index >= 15 is 4.39 Å². The van der Waals surface area contributed by atoms with Gasteiger partial charge in [-0.1, -0.05) is 6.07 Å². The van der Waals surface area contributed by atoms with E-state index in [4.69, 9.17) is 19.6 Å². The molecular weight excluding hydrogens is 643 g/mol. The van der Waals surface area contributed by atoms with Crippen LogP contribution in [0, 0.1) is 11.6 Å². The van der Waals surface area contributed by atoms with Crippen molar-refractivity contribution < 1.29 is 23.0 Å². The molecule has 1 amide bonds. The Labute approximate surface area is 279 Å². The molecule has 47 heavy (non-hydrogen) atoms. The number of hydrogen-bond acceptors (Lipinski definition) is 8. The standard InChI is InChI=1S/C34H32F2N6O3S2/c1-19-27-17-25(39-42(27)9-8-41(19)29(43)6-12-46)33-31(30-24(36)15-22(35)16-28(30)45-11-10-44-3)34-23(7-13-47-34)32(38-33)20-4-5-26-21(14-20)18-37-40(26)2/h4-5,7,13-19,46H,6,8-12H2,1-3H3/t19-/m1/s1. The van der Waals surface area contributed by atoms with E-state index in [0.717, 1.165) is 38.3 Å². The number of benzene rings is 2. The van der Waals surface area contributed by atoms with Gasteiger partial charge >= 0.3 is 0 Å². The summed E-state index contributed by atoms with van der Waals surface area (Å²) in [5, 5.41) is 13.1. The van der Waals surface area contributed by atoms with E-state index in [2.05, 4.69) is 17.7 Å². The van der Waals surface area contributed by atoms with Gasteiger partial charge in [0, 0.05) is 65.9 Å². The van der Waals surface area contributed by atoms with Crippen molar-refractivity contribution in [2.45, 2.75) is 25.9 Å². The molecule has 0 unspecified atom stereocenters. The monoisotopic (exact) mass is 674 g/mol. The summed E-state index contributed by atoms with van der Waals surface area (Å²) in [5.41, 5.74) is 4.85. The Kier molecular flexibility index (Phi) is 8.45. The lowest BCUT2D eigenvalue weighted by Crippen LogP contribution is -2.41. The minimum Gasteiger partial charge on any atom is -0.490 e. The highest BCUT2D eigenvalue weighted by Gasteiger charge is 2.32. The van der Waals surface area contributed by atoms with Crippen LogP contribution in [0.3, 0.4) is 0 Å². The molecule has 0 bridgehead atoms. The number of aryl methyl sites for hydroxylation is 1. The summed E-state index contributed by atoms with van der Waals surface area (Å²) in [5.74, 6) is -0.996. The van der Waals surface area contributed by atoms with Crippen LogP contribution < -0.4 is 4.74 Å². The van der Waals surface area contributed by atoms with E-state index in [0.29, 0.717) is 47.9 Å². The second-order valence-corrected chi connectivity index (χ2v) is 12.8. The van der Waals surface area contributed by atoms with Gasteiger partial charge in [0.1, 0.15) is 35.4 Å². The van der Waals surface area contributed by atoms with E-state index in [1.165, 1.54) is 24.5 Å². The second kappa shape index (κ2) is 12.7. The zero-order valence-corrected chi connectivity index (χ0v) is 27.7. The summed E-state index contributed by atoms with van der Waals surface area (Å²) in [6, 6.07) is 11.7. The lowest BCUT2D eigenvalue weighted by atomic mass is 9.96. The molecule has 9 nitrogen and oxygen atoms in total. The Morgan fingerprint density at radius 2 is 1.94 bits per heavy atom. The highest BCUT2D eigenvalue weighted by Crippen LogP contribution is 2.47. The lowest BCUT2D eigenvalue weighted by molar-refractivity contribution is -0.134. The van der Waals surface area contributed by atoms with Gasteiger partial charge < -0.3 is 14.4 Å². The third-order valence-corrected chi connectivity index (χ3v) is 9.74. The third kappa shape index (κ3) is 5.55. The number of thiol groups is 1. The van der Waals surface area contributed by atoms with E-state index in [1.54, 1.807) is 0 Å². The lowest BCUT2D eigenvalue weighted by Gasteiger charge is -2.34. The molecule has 4 aromatic heterocycles. The maximum Gasteiger partial charge on any atom is 0.224 e. The number of pyridine rings is 1. The van der Waals surface area contributed by atoms with E-state index in [1.807, 2.05) is 70.1 Å². The van der Waals surface area contributed by atoms with Crippen LogP contribution in [0.1, 0.15) is 25.1 Å². The molecule has 13 heteroatoms. The smallest absolute Gasteiger partial charge is 0.224 e. The zero-order valence-electron chi connectivity index (χ0n) is 26.0. The topological polar surface area (TPSA) is 87.3 Å². The third-order valence-electron chi connectivity index (χ3n) is 8.59. The predicted molar refractivity (Wildman–Crippen MR) is 182 cm³/mol. The average molecular weight is 675 g/mol. The molecule has 1 aliphatic rings. The van der Waals surface area contributed by atoms with Crippen LogP contribution in [0.15, 0.2) is 54.0 Å². The normalized spacial score (nSPS) is 14.7. The average Bonchev–Trinajstić information content (AvgIpc) is 3.80. The van der Waals surface area contributed by atoms with Crippen LogP contribution in [0.2, 0.25) is 0 Å². The van der Waals surface area contributed by atoms with Gasteiger partial charge in [0.05, 0.1) is 47.9 Å². The van der Waals surface area contributed by atoms with Crippen molar-refractivity contribution in [1.82, 2.24) is 29.4 Å². The van der Waals surface area contributed by atoms with Crippen molar-refractivity contribution in [3.8, 4) is 39.5 Å². The summed E-state index contributed by atoms with van der Waals surface area (Å²) in [4.78, 5) is 20.0. The summed E-state index contributed by atoms with van der Waals surface area (Å²) in [6.07, 6.45) is 2.15. The van der Waals surface area contributed by atoms with Crippen molar-refractivity contribution >= 4 is 50.9 Å². The fourth-order valence-corrected chi connectivity index (χ4v) is 7.45. The Morgan fingerprint density at radius 1 is 1.09 bits per heavy atom. The summed E-state index contributed by atoms with van der Waals surface area (Å²) in [7, 11) is 3.42. The summed E-state index contributed by atoms with van der Waals surface area (Å²) in [6.45, 7) is 3.31. The minimum atomic E-state index is -0.777. The first-order valence-corrected chi connectivity index (χ1v) is 16.7. The number of carbonyl (C=O) groups is 1. The molecule has 5 heterocycles. The van der Waals surface area contributed by atoms with Gasteiger partial charge in [0.2, 0.25) is 5.91 Å². The number of nitrogens with zero attached hydrogens (tertiary/aromatic N) is 6. The van der Waals surface area contributed by atoms with Gasteiger partial charge in [-0.2, -0.15) is 22.8 Å². The van der Waals surface area contributed by atoms with Gasteiger partial charge in [0.25, 0.3) is 0 Å². The van der Waals surface area contributed by atoms with Crippen LogP contribution in [0.4, 0.5) is 8.78 Å². The number of fused-ring (bicyclic) bond motifs is 3. The largest absolute Gasteiger partial charge is 0.490 e. The molecule has 0 aliphatic carbocycles. The van der Waals surface area contributed by atoms with Crippen molar-refractivity contribution in [3.63, 3.8) is 0 Å². The molecule has 2 aromatic carbocycles. The molecule has 0 N–H and O–H groups in total. The van der Waals surface area contributed by atoms with E-state index in [-0.39, 0.29) is 36.5 Å². The van der Waals surface area contributed by atoms with Crippen molar-refractivity contribution in [2.24, 2.45) is 7.05 Å². The number of ether oxygens (including phenoxy) is 2. The molecule has 1 aliphatic heterocycles. The van der Waals surface area contributed by atoms with Crippen molar-refractivity contribution in [1.29, 1.82) is 0 Å². The molecule has 1 atom stereocenters. The molecule has 7 rings (SSSR count). The number of hydrogen-bond donors (Lipinski definition) is 1. The molecule has 0 saturated carbocycles. The van der Waals surface area contributed by atoms with Crippen LogP contribution in [0.5, 0.6) is 5.75 Å². The van der Waals surface area contributed by atoms with Crippen molar-refractivity contribution in [3.05, 3.63) is 71.4 Å². The Balaban J connectivity index is 1.48. The molecule has 0 radical (unpaired) electrons. The number of thiophene rings is 1. The first-order chi connectivity index (χ1) is 22.8. The molecule has 6 aromatic rings. The summed E-state index contributed by atoms with van der Waals surface area (Å²) < 4.78 is 46.2. The SMILES string of the molecule is COCCOc1cc(F)cc(F)c1-c1c(-c2cc3n(n2)CCN(C(=O)CCS)[C@@H]3C)nc(-c2ccc3c(cnn3C)c2)c2ccsc12. The maximum atomic E-state index is 16.1. The number of carbonyl (C=O) groups excluding carboxylic acids is 1. The fourth-order valence-electron chi connectivity index (χ4n) is 6.31. The first-order valence-electron chi connectivity index (χ1n) is 15.2. The Morgan fingerprint density at radius 3 is 2.74 bits per heavy atom. The van der Waals surface area contributed by atoms with Gasteiger partial charge in [0.15, 0.2) is 0 Å². The molecular formula is C34H32F2N6O3S2. The first kappa shape index (κ1) is 31.3. The van der Waals surface area contributed by atoms with E-state index < -0.39 is 11.6 Å². The zero-order chi connectivity index (χ0) is 32.8. The minimum absolute atomic E-state index is 0.0274. The van der Waals surface area contributed by atoms with Crippen LogP contribution in [-0.2, 0) is 23.1 Å². The highest BCUT2D eigenvalue weighted by molar-refractivity contribution is 7.80. The number of amides is 1. The predicted octanol–water partition coefficient (Wildman–Crippen LogP) is 6.91. The fraction of sp³-hybridized carbons (Fsp3) is 0.294. The second-order valence-electron chi connectivity index (χ2n) is 11.4. The Hall–Kier alpha value is -4.33. The van der Waals surface area contributed by atoms with Gasteiger partial charge in [-0.25, -0.2) is 13.8 Å². The molecule has 242 valence electrons. The van der Waals surface area contributed by atoms with Gasteiger partial charge in [-0.05, 0) is 42.3 Å². The summed E-state index contributed by atoms with van der Waals surface area (Å²) >= 11 is 5.69. The van der Waals surface area contributed by atoms with Crippen LogP contribution in [-0.4, -0.2) is 68.0 Å². The number of methoxy groups -OCH3 is 1. The molecule has 0 spiro atoms. The maximum absolute atomic E-state index is 16.1. The highest BCUT2D eigenvalue weighted by atomic mass is 32.1. The van der Waals surface area contributed by atoms with Crippen LogP contribution >= 0.6 is 24.0 Å². The van der Waals surface area contributed by atoms with Crippen LogP contribution in [0.25, 0.3) is 54.8 Å². The number of halogens is 2. The molecule has 0 fully saturated rings. The number of aromatic nitrogens is 5. The number of rotatable bonds is 9. The van der Waals surface area contributed by atoms with E-state index in [9.17, 15) is 9.18 Å². The Bertz CT molecular complexity index is 2140. The molecule has 0 saturated heterocycles. The van der Waals surface area contributed by atoms with Gasteiger partial charge in [-0.3, -0.25) is 14.2 Å². The van der Waals surface area contributed by atoms with Crippen molar-refractivity contribution in [2.75, 3.05) is 32.6 Å². The van der Waals surface area contributed by atoms with Gasteiger partial charge in [-0.15, -0.1) is 11.3 Å².